The first-order chi connectivity index (χ1) is 7.77. The fourth-order valence-electron chi connectivity index (χ4n) is 1.38. The number of hydrogen-bond acceptors (Lipinski definition) is 6. The molecule has 0 spiro atoms. The fraction of sp³-hybridized carbons (Fsp3) is 0.700. The number of carbonyl (C=O) groups excluding carboxylic acids is 1. The van der Waals surface area contributed by atoms with Crippen molar-refractivity contribution >= 4 is 15.6 Å². The quantitative estimate of drug-likeness (QED) is 0.791. The number of hydrogen-bond donors (Lipinski definition) is 0. The van der Waals surface area contributed by atoms with Crippen molar-refractivity contribution < 1.29 is 17.7 Å². The lowest BCUT2D eigenvalue weighted by atomic mass is 10.0. The van der Waals surface area contributed by atoms with Gasteiger partial charge in [-0.15, -0.1) is 0 Å². The van der Waals surface area contributed by atoms with Gasteiger partial charge in [0.05, 0.1) is 5.92 Å². The standard InChI is InChI=1S/C10H16N2O4S/c1-5-8(6(2)13)10-11-9(12-16-10)7(3)17(4,14)15/h7-8H,5H2,1-4H3. The van der Waals surface area contributed by atoms with Crippen LogP contribution in [0.4, 0.5) is 0 Å². The van der Waals surface area contributed by atoms with Gasteiger partial charge in [0.15, 0.2) is 15.7 Å². The third-order valence-corrected chi connectivity index (χ3v) is 4.16. The maximum Gasteiger partial charge on any atom is 0.237 e. The molecule has 1 heterocycles. The van der Waals surface area contributed by atoms with Crippen LogP contribution in [0.5, 0.6) is 0 Å². The van der Waals surface area contributed by atoms with Gasteiger partial charge in [0.2, 0.25) is 5.89 Å². The molecule has 1 aromatic heterocycles. The lowest BCUT2D eigenvalue weighted by Gasteiger charge is -2.04. The van der Waals surface area contributed by atoms with Crippen molar-refractivity contribution in [2.24, 2.45) is 0 Å². The van der Waals surface area contributed by atoms with Crippen LogP contribution in [0.3, 0.4) is 0 Å². The van der Waals surface area contributed by atoms with Gasteiger partial charge in [0.25, 0.3) is 0 Å². The first-order valence-corrected chi connectivity index (χ1v) is 7.25. The molecule has 0 N–H and O–H groups in total. The molecule has 0 saturated heterocycles. The Balaban J connectivity index is 3.03. The van der Waals surface area contributed by atoms with Gasteiger partial charge in [-0.3, -0.25) is 4.79 Å². The highest BCUT2D eigenvalue weighted by Gasteiger charge is 2.27. The topological polar surface area (TPSA) is 90.1 Å². The van der Waals surface area contributed by atoms with Crippen molar-refractivity contribution in [1.29, 1.82) is 0 Å². The normalized spacial score (nSPS) is 15.5. The average molecular weight is 260 g/mol. The smallest absolute Gasteiger partial charge is 0.237 e. The molecule has 2 unspecified atom stereocenters. The Morgan fingerprint density at radius 2 is 2.06 bits per heavy atom. The number of rotatable bonds is 5. The monoisotopic (exact) mass is 260 g/mol. The lowest BCUT2D eigenvalue weighted by Crippen LogP contribution is -2.11. The summed E-state index contributed by atoms with van der Waals surface area (Å²) in [5, 5.41) is 2.79. The van der Waals surface area contributed by atoms with E-state index in [4.69, 9.17) is 4.52 Å². The van der Waals surface area contributed by atoms with Crippen LogP contribution >= 0.6 is 0 Å². The van der Waals surface area contributed by atoms with Gasteiger partial charge in [-0.1, -0.05) is 12.1 Å². The molecule has 0 aliphatic rings. The molecule has 7 heteroatoms. The van der Waals surface area contributed by atoms with Crippen LogP contribution in [-0.4, -0.2) is 30.6 Å². The van der Waals surface area contributed by atoms with Crippen LogP contribution in [0.1, 0.15) is 50.1 Å². The van der Waals surface area contributed by atoms with Gasteiger partial charge in [0, 0.05) is 6.26 Å². The molecule has 0 aliphatic heterocycles. The Morgan fingerprint density at radius 1 is 1.47 bits per heavy atom. The molecule has 0 bridgehead atoms. The van der Waals surface area contributed by atoms with E-state index in [1.807, 2.05) is 6.92 Å². The molecule has 96 valence electrons. The molecule has 0 fully saturated rings. The molecular weight excluding hydrogens is 244 g/mol. The highest BCUT2D eigenvalue weighted by Crippen LogP contribution is 2.23. The van der Waals surface area contributed by atoms with Gasteiger partial charge < -0.3 is 4.52 Å². The number of aromatic nitrogens is 2. The van der Waals surface area contributed by atoms with Gasteiger partial charge in [0.1, 0.15) is 11.0 Å². The second-order valence-electron chi connectivity index (χ2n) is 4.03. The van der Waals surface area contributed by atoms with Gasteiger partial charge in [-0.25, -0.2) is 8.42 Å². The molecule has 0 saturated carbocycles. The number of sulfone groups is 1. The van der Waals surface area contributed by atoms with Crippen molar-refractivity contribution in [1.82, 2.24) is 10.1 Å². The van der Waals surface area contributed by atoms with Crippen molar-refractivity contribution in [3.8, 4) is 0 Å². The second kappa shape index (κ2) is 4.95. The van der Waals surface area contributed by atoms with E-state index in [0.717, 1.165) is 6.26 Å². The highest BCUT2D eigenvalue weighted by atomic mass is 32.2. The van der Waals surface area contributed by atoms with E-state index in [2.05, 4.69) is 10.1 Å². The predicted octanol–water partition coefficient (Wildman–Crippen LogP) is 1.26. The lowest BCUT2D eigenvalue weighted by molar-refractivity contribution is -0.119. The summed E-state index contributed by atoms with van der Waals surface area (Å²) in [5.74, 6) is -0.245. The van der Waals surface area contributed by atoms with Crippen LogP contribution in [0.15, 0.2) is 4.52 Å². The number of nitrogens with zero attached hydrogens (tertiary/aromatic N) is 2. The van der Waals surface area contributed by atoms with Gasteiger partial charge in [-0.05, 0) is 20.3 Å². The van der Waals surface area contributed by atoms with Gasteiger partial charge in [-0.2, -0.15) is 4.98 Å². The molecule has 1 aromatic rings. The summed E-state index contributed by atoms with van der Waals surface area (Å²) in [6.45, 7) is 4.76. The van der Waals surface area contributed by atoms with Crippen LogP contribution in [0, 0.1) is 0 Å². The van der Waals surface area contributed by atoms with Crippen molar-refractivity contribution in [3.05, 3.63) is 11.7 Å². The summed E-state index contributed by atoms with van der Waals surface area (Å²) in [7, 11) is -3.27. The first-order valence-electron chi connectivity index (χ1n) is 5.30. The minimum atomic E-state index is -3.27. The largest absolute Gasteiger partial charge is 0.339 e. The van der Waals surface area contributed by atoms with Crippen LogP contribution in [0.2, 0.25) is 0 Å². The highest BCUT2D eigenvalue weighted by molar-refractivity contribution is 7.90. The third kappa shape index (κ3) is 3.12. The SMILES string of the molecule is CCC(C(C)=O)c1nc(C(C)S(C)(=O)=O)no1. The van der Waals surface area contributed by atoms with E-state index in [9.17, 15) is 13.2 Å². The summed E-state index contributed by atoms with van der Waals surface area (Å²) in [5.41, 5.74) is 0. The van der Waals surface area contributed by atoms with E-state index < -0.39 is 21.0 Å². The predicted molar refractivity (Wildman–Crippen MR) is 61.3 cm³/mol. The zero-order chi connectivity index (χ0) is 13.2. The number of Topliss-reactive ketones (excluding diaryl/α,β-unsaturated/α-hetero) is 1. The summed E-state index contributed by atoms with van der Waals surface area (Å²) < 4.78 is 27.6. The zero-order valence-electron chi connectivity index (χ0n) is 10.3. The summed E-state index contributed by atoms with van der Waals surface area (Å²) in [6.07, 6.45) is 1.65. The van der Waals surface area contributed by atoms with Crippen LogP contribution < -0.4 is 0 Å². The summed E-state index contributed by atoms with van der Waals surface area (Å²) in [4.78, 5) is 15.3. The average Bonchev–Trinajstić information content (AvgIpc) is 2.64. The molecule has 2 atom stereocenters. The fourth-order valence-corrected chi connectivity index (χ4v) is 1.86. The molecule has 0 aromatic carbocycles. The zero-order valence-corrected chi connectivity index (χ0v) is 11.1. The Kier molecular flexibility index (Phi) is 4.03. The maximum absolute atomic E-state index is 11.3. The molecule has 1 rings (SSSR count). The number of ketones is 1. The molecule has 17 heavy (non-hydrogen) atoms. The Morgan fingerprint density at radius 3 is 2.47 bits per heavy atom. The Labute approximate surface area is 100 Å². The van der Waals surface area contributed by atoms with Crippen molar-refractivity contribution in [2.45, 2.75) is 38.4 Å². The number of carbonyl (C=O) groups is 1. The molecular formula is C10H16N2O4S. The maximum atomic E-state index is 11.3. The molecule has 6 nitrogen and oxygen atoms in total. The minimum absolute atomic E-state index is 0.0743. The third-order valence-electron chi connectivity index (χ3n) is 2.66. The second-order valence-corrected chi connectivity index (χ2v) is 6.40. The molecule has 0 amide bonds. The van der Waals surface area contributed by atoms with Crippen LogP contribution in [-0.2, 0) is 14.6 Å². The van der Waals surface area contributed by atoms with Gasteiger partial charge >= 0.3 is 0 Å². The summed E-state index contributed by atoms with van der Waals surface area (Å²) >= 11 is 0. The molecule has 0 radical (unpaired) electrons. The summed E-state index contributed by atoms with van der Waals surface area (Å²) in [6, 6.07) is 0. The van der Waals surface area contributed by atoms with Crippen molar-refractivity contribution in [2.75, 3.05) is 6.26 Å². The van der Waals surface area contributed by atoms with E-state index >= 15 is 0 Å². The van der Waals surface area contributed by atoms with E-state index in [1.165, 1.54) is 13.8 Å². The molecule has 0 aliphatic carbocycles. The van der Waals surface area contributed by atoms with Crippen molar-refractivity contribution in [3.63, 3.8) is 0 Å². The van der Waals surface area contributed by atoms with E-state index in [-0.39, 0.29) is 17.5 Å². The Hall–Kier alpha value is -1.24. The minimum Gasteiger partial charge on any atom is -0.339 e. The van der Waals surface area contributed by atoms with E-state index in [0.29, 0.717) is 6.42 Å². The van der Waals surface area contributed by atoms with Crippen LogP contribution in [0.25, 0.3) is 0 Å². The Bertz CT molecular complexity index is 506. The first kappa shape index (κ1) is 13.8. The van der Waals surface area contributed by atoms with E-state index in [1.54, 1.807) is 0 Å².